The van der Waals surface area contributed by atoms with Crippen LogP contribution in [0.2, 0.25) is 5.15 Å². The molecule has 0 aliphatic rings. The van der Waals surface area contributed by atoms with E-state index in [0.29, 0.717) is 11.7 Å². The van der Waals surface area contributed by atoms with E-state index < -0.39 is 0 Å². The molecule has 5 nitrogen and oxygen atoms in total. The molecule has 0 aliphatic carbocycles. The number of hydrogen-bond donors (Lipinski definition) is 2. The molecule has 0 saturated heterocycles. The van der Waals surface area contributed by atoms with Gasteiger partial charge in [-0.3, -0.25) is 0 Å². The van der Waals surface area contributed by atoms with Gasteiger partial charge in [-0.1, -0.05) is 29.8 Å². The van der Waals surface area contributed by atoms with Crippen LogP contribution < -0.4 is 15.4 Å². The topological polar surface area (TPSA) is 58.5 Å². The number of guanidine groups is 1. The van der Waals surface area contributed by atoms with Crippen LogP contribution in [-0.4, -0.2) is 31.1 Å². The predicted octanol–water partition coefficient (Wildman–Crippen LogP) is 3.35. The molecular formula is C19H25ClN4O. The maximum atomic E-state index is 5.80. The maximum Gasteiger partial charge on any atom is 0.191 e. The van der Waals surface area contributed by atoms with Crippen LogP contribution in [0.5, 0.6) is 5.75 Å². The van der Waals surface area contributed by atoms with Crippen molar-refractivity contribution in [3.8, 4) is 5.75 Å². The first-order chi connectivity index (χ1) is 12.1. The number of aryl methyl sites for hydroxylation is 1. The molecule has 2 aromatic rings. The van der Waals surface area contributed by atoms with Gasteiger partial charge in [-0.25, -0.2) is 9.98 Å². The Balaban J connectivity index is 1.92. The monoisotopic (exact) mass is 360 g/mol. The minimum Gasteiger partial charge on any atom is -0.496 e. The summed E-state index contributed by atoms with van der Waals surface area (Å²) in [5, 5.41) is 7.11. The van der Waals surface area contributed by atoms with Crippen LogP contribution in [0.15, 0.2) is 41.5 Å². The molecular weight excluding hydrogens is 336 g/mol. The molecule has 25 heavy (non-hydrogen) atoms. The Morgan fingerprint density at radius 2 is 2.00 bits per heavy atom. The maximum absolute atomic E-state index is 5.80. The normalized spacial score (nSPS) is 11.3. The molecule has 0 saturated carbocycles. The standard InChI is InChI=1S/C19H25ClN4O/c1-4-21-19(22-10-9-15-7-8-18(20)23-12-15)24-13-16-6-5-14(2)17(11-16)25-3/h5-8,11-12H,4,9-10,13H2,1-3H3,(H2,21,22,24). The van der Waals surface area contributed by atoms with Crippen LogP contribution in [0, 0.1) is 6.92 Å². The first kappa shape index (κ1) is 19.1. The summed E-state index contributed by atoms with van der Waals surface area (Å²) >= 11 is 5.80. The quantitative estimate of drug-likeness (QED) is 0.451. The molecule has 0 fully saturated rings. The SMILES string of the molecule is CCNC(=NCc1ccc(C)c(OC)c1)NCCc1ccc(Cl)nc1. The van der Waals surface area contributed by atoms with Gasteiger partial charge in [0.25, 0.3) is 0 Å². The molecule has 134 valence electrons. The van der Waals surface area contributed by atoms with E-state index in [1.54, 1.807) is 19.4 Å². The predicted molar refractivity (Wildman–Crippen MR) is 104 cm³/mol. The molecule has 6 heteroatoms. The smallest absolute Gasteiger partial charge is 0.191 e. The summed E-state index contributed by atoms with van der Waals surface area (Å²) in [7, 11) is 1.69. The van der Waals surface area contributed by atoms with Crippen molar-refractivity contribution in [1.29, 1.82) is 0 Å². The Morgan fingerprint density at radius 1 is 1.20 bits per heavy atom. The fourth-order valence-electron chi connectivity index (χ4n) is 2.35. The van der Waals surface area contributed by atoms with E-state index >= 15 is 0 Å². The molecule has 0 spiro atoms. The van der Waals surface area contributed by atoms with Crippen molar-refractivity contribution in [3.05, 3.63) is 58.4 Å². The summed E-state index contributed by atoms with van der Waals surface area (Å²) in [5.74, 6) is 1.69. The van der Waals surface area contributed by atoms with Crippen molar-refractivity contribution >= 4 is 17.6 Å². The van der Waals surface area contributed by atoms with Gasteiger partial charge in [-0.2, -0.15) is 0 Å². The average Bonchev–Trinajstić information content (AvgIpc) is 2.62. The van der Waals surface area contributed by atoms with Gasteiger partial charge in [0.15, 0.2) is 5.96 Å². The molecule has 1 heterocycles. The second-order valence-corrected chi connectivity index (χ2v) is 6.05. The van der Waals surface area contributed by atoms with Gasteiger partial charge >= 0.3 is 0 Å². The van der Waals surface area contributed by atoms with Crippen molar-refractivity contribution in [2.45, 2.75) is 26.8 Å². The molecule has 2 rings (SSSR count). The lowest BCUT2D eigenvalue weighted by Gasteiger charge is -2.12. The minimum atomic E-state index is 0.514. The highest BCUT2D eigenvalue weighted by Gasteiger charge is 2.02. The number of nitrogens with one attached hydrogen (secondary N) is 2. The Bertz CT molecular complexity index is 701. The van der Waals surface area contributed by atoms with Crippen molar-refractivity contribution in [1.82, 2.24) is 15.6 Å². The Labute approximate surface area is 154 Å². The van der Waals surface area contributed by atoms with Gasteiger partial charge in [0.1, 0.15) is 10.9 Å². The van der Waals surface area contributed by atoms with Crippen LogP contribution in [0.25, 0.3) is 0 Å². The highest BCUT2D eigenvalue weighted by Crippen LogP contribution is 2.19. The average molecular weight is 361 g/mol. The van der Waals surface area contributed by atoms with Crippen LogP contribution >= 0.6 is 11.6 Å². The Morgan fingerprint density at radius 3 is 2.68 bits per heavy atom. The fourth-order valence-corrected chi connectivity index (χ4v) is 2.47. The number of hydrogen-bond acceptors (Lipinski definition) is 3. The van der Waals surface area contributed by atoms with Crippen molar-refractivity contribution in [3.63, 3.8) is 0 Å². The summed E-state index contributed by atoms with van der Waals surface area (Å²) in [6.07, 6.45) is 2.65. The van der Waals surface area contributed by atoms with Gasteiger partial charge in [0, 0.05) is 19.3 Å². The first-order valence-corrected chi connectivity index (χ1v) is 8.76. The molecule has 0 radical (unpaired) electrons. The summed E-state index contributed by atoms with van der Waals surface area (Å²) in [6.45, 7) is 6.25. The summed E-state index contributed by atoms with van der Waals surface area (Å²) in [4.78, 5) is 8.73. The van der Waals surface area contributed by atoms with Crippen LogP contribution in [0.3, 0.4) is 0 Å². The van der Waals surface area contributed by atoms with E-state index in [1.807, 2.05) is 19.1 Å². The van der Waals surface area contributed by atoms with Gasteiger partial charge in [-0.05, 0) is 49.1 Å². The first-order valence-electron chi connectivity index (χ1n) is 8.38. The third-order valence-corrected chi connectivity index (χ3v) is 3.95. The Kier molecular flexibility index (Phi) is 7.54. The second kappa shape index (κ2) is 9.89. The number of aromatic nitrogens is 1. The highest BCUT2D eigenvalue weighted by molar-refractivity contribution is 6.29. The van der Waals surface area contributed by atoms with Crippen molar-refractivity contribution in [2.24, 2.45) is 4.99 Å². The van der Waals surface area contributed by atoms with Crippen molar-refractivity contribution < 1.29 is 4.74 Å². The molecule has 0 amide bonds. The number of pyridine rings is 1. The van der Waals surface area contributed by atoms with E-state index in [9.17, 15) is 0 Å². The summed E-state index contributed by atoms with van der Waals surface area (Å²) in [5.41, 5.74) is 3.37. The molecule has 1 aromatic carbocycles. The van der Waals surface area contributed by atoms with E-state index in [0.717, 1.165) is 47.9 Å². The zero-order valence-electron chi connectivity index (χ0n) is 15.0. The minimum absolute atomic E-state index is 0.514. The highest BCUT2D eigenvalue weighted by atomic mass is 35.5. The molecule has 1 aromatic heterocycles. The fraction of sp³-hybridized carbons (Fsp3) is 0.368. The molecule has 0 bridgehead atoms. The molecule has 2 N–H and O–H groups in total. The van der Waals surface area contributed by atoms with Crippen LogP contribution in [-0.2, 0) is 13.0 Å². The second-order valence-electron chi connectivity index (χ2n) is 5.67. The molecule has 0 atom stereocenters. The number of rotatable bonds is 7. The van der Waals surface area contributed by atoms with E-state index in [1.165, 1.54) is 0 Å². The molecule has 0 unspecified atom stereocenters. The number of methoxy groups -OCH3 is 1. The lowest BCUT2D eigenvalue weighted by atomic mass is 10.1. The third-order valence-electron chi connectivity index (χ3n) is 3.73. The van der Waals surface area contributed by atoms with Crippen molar-refractivity contribution in [2.75, 3.05) is 20.2 Å². The number of ether oxygens (including phenoxy) is 1. The van der Waals surface area contributed by atoms with Gasteiger partial charge < -0.3 is 15.4 Å². The lowest BCUT2D eigenvalue weighted by molar-refractivity contribution is 0.411. The van der Waals surface area contributed by atoms with E-state index in [2.05, 4.69) is 39.7 Å². The van der Waals surface area contributed by atoms with Gasteiger partial charge in [0.2, 0.25) is 0 Å². The largest absolute Gasteiger partial charge is 0.496 e. The number of halogens is 1. The zero-order chi connectivity index (χ0) is 18.1. The lowest BCUT2D eigenvalue weighted by Crippen LogP contribution is -2.38. The number of benzene rings is 1. The van der Waals surface area contributed by atoms with Gasteiger partial charge in [-0.15, -0.1) is 0 Å². The zero-order valence-corrected chi connectivity index (χ0v) is 15.7. The van der Waals surface area contributed by atoms with Gasteiger partial charge in [0.05, 0.1) is 13.7 Å². The van der Waals surface area contributed by atoms with E-state index in [-0.39, 0.29) is 0 Å². The van der Waals surface area contributed by atoms with Crippen LogP contribution in [0.1, 0.15) is 23.6 Å². The number of aliphatic imine (C=N–C) groups is 1. The van der Waals surface area contributed by atoms with Crippen LogP contribution in [0.4, 0.5) is 0 Å². The molecule has 0 aliphatic heterocycles. The number of nitrogens with zero attached hydrogens (tertiary/aromatic N) is 2. The van der Waals surface area contributed by atoms with E-state index in [4.69, 9.17) is 16.3 Å². The Hall–Kier alpha value is -2.27. The summed E-state index contributed by atoms with van der Waals surface area (Å²) in [6, 6.07) is 9.95. The third kappa shape index (κ3) is 6.27. The summed E-state index contributed by atoms with van der Waals surface area (Å²) < 4.78 is 5.37.